The predicted molar refractivity (Wildman–Crippen MR) is 529 cm³/mol. The van der Waals surface area contributed by atoms with Crippen LogP contribution in [0.3, 0.4) is 0 Å². The van der Waals surface area contributed by atoms with E-state index >= 15 is 19.2 Å². The fraction of sp³-hybridized carbons (Fsp3) is 0.591. The maximum atomic E-state index is 15.3. The number of nitrogens with one attached hydrogen (secondary N) is 22. The Morgan fingerprint density at radius 1 is 0.493 bits per heavy atom. The third-order valence-corrected chi connectivity index (χ3v) is 25.1. The van der Waals surface area contributed by atoms with Crippen LogP contribution in [0.2, 0.25) is 0 Å². The molecule has 2 aromatic heterocycles. The second-order valence-corrected chi connectivity index (χ2v) is 38.3. The first-order valence-electron chi connectivity index (χ1n) is 48.1. The van der Waals surface area contributed by atoms with Crippen molar-refractivity contribution in [2.75, 3.05) is 50.9 Å². The van der Waals surface area contributed by atoms with Gasteiger partial charge in [-0.15, -0.1) is 11.8 Å². The minimum Gasteiger partial charge on any atom is -0.508 e. The van der Waals surface area contributed by atoms with E-state index in [1.165, 1.54) is 48.6 Å². The van der Waals surface area contributed by atoms with Gasteiger partial charge < -0.3 is 149 Å². The Morgan fingerprint density at radius 3 is 1.48 bits per heavy atom. The zero-order valence-corrected chi connectivity index (χ0v) is 83.8. The first-order chi connectivity index (χ1) is 68.1. The summed E-state index contributed by atoms with van der Waals surface area (Å²) in [5.74, 6) is -23.6. The third-order valence-electron chi connectivity index (χ3n) is 24.1. The van der Waals surface area contributed by atoms with Gasteiger partial charge in [0.15, 0.2) is 11.9 Å². The number of aliphatic hydroxyl groups is 2. The number of imidazole rings is 1. The van der Waals surface area contributed by atoms with Gasteiger partial charge in [0.2, 0.25) is 112 Å². The maximum Gasteiger partial charge on any atom is 0.246 e. The molecular weight excluding hydrogens is 1890 g/mol. The molecule has 4 aromatic rings. The molecule has 50 nitrogen and oxygen atoms in total. The Morgan fingerprint density at radius 2 is 0.944 bits per heavy atom. The van der Waals surface area contributed by atoms with Gasteiger partial charge in [-0.25, -0.2) is 4.98 Å². The number of nitrogens with zero attached hydrogens (tertiary/aromatic N) is 2. The van der Waals surface area contributed by atoms with Crippen molar-refractivity contribution < 1.29 is 106 Å². The van der Waals surface area contributed by atoms with Crippen molar-refractivity contribution in [3.05, 3.63) is 84.1 Å². The van der Waals surface area contributed by atoms with Gasteiger partial charge in [0, 0.05) is 67.9 Å². The average Bonchev–Trinajstić information content (AvgIpc) is 1.68. The summed E-state index contributed by atoms with van der Waals surface area (Å²) in [7, 11) is 0. The summed E-state index contributed by atoms with van der Waals surface area (Å²) in [6.45, 7) is 15.0. The van der Waals surface area contributed by atoms with Crippen LogP contribution < -0.4 is 119 Å². The fourth-order valence-corrected chi connectivity index (χ4v) is 16.7. The normalized spacial score (nSPS) is 24.9. The number of para-hydroxylation sites is 1. The summed E-state index contributed by atoms with van der Waals surface area (Å²) in [4.78, 5) is 285. The highest BCUT2D eigenvalue weighted by Crippen LogP contribution is 2.26. The molecule has 4 heterocycles. The van der Waals surface area contributed by atoms with Crippen LogP contribution >= 0.6 is 11.8 Å². The molecule has 2 aliphatic rings. The van der Waals surface area contributed by atoms with Crippen molar-refractivity contribution in [3.8, 4) is 5.75 Å². The number of benzene rings is 2. The molecule has 2 aromatic carbocycles. The number of aliphatic hydroxyl groups excluding tert-OH is 2. The van der Waals surface area contributed by atoms with Gasteiger partial charge in [0.05, 0.1) is 44.0 Å². The molecule has 0 spiro atoms. The Kier molecular flexibility index (Phi) is 48.5. The monoisotopic (exact) mass is 2040 g/mol. The van der Waals surface area contributed by atoms with Crippen LogP contribution in [0, 0.1) is 40.4 Å². The topological polar surface area (TPSA) is 801 Å². The van der Waals surface area contributed by atoms with Gasteiger partial charge in [-0.05, 0) is 124 Å². The van der Waals surface area contributed by atoms with E-state index in [-0.39, 0.29) is 126 Å². The molecule has 144 heavy (non-hydrogen) atoms. The first kappa shape index (κ1) is 118. The number of carbonyl (C=O) groups excluding carboxylic acids is 19. The highest BCUT2D eigenvalue weighted by molar-refractivity contribution is 8.00. The van der Waals surface area contributed by atoms with Crippen LogP contribution in [0.4, 0.5) is 0 Å². The molecular formula is C93H144N28O22S. The van der Waals surface area contributed by atoms with E-state index in [1.54, 1.807) is 99.7 Å². The summed E-state index contributed by atoms with van der Waals surface area (Å²) in [6, 6.07) is -12.8. The van der Waals surface area contributed by atoms with Crippen molar-refractivity contribution in [1.82, 2.24) is 116 Å². The van der Waals surface area contributed by atoms with E-state index in [4.69, 9.17) is 33.8 Å². The number of thioether (sulfide) groups is 1. The number of amides is 19. The number of primary amides is 2. The van der Waals surface area contributed by atoms with Crippen LogP contribution in [0.15, 0.2) is 67.3 Å². The molecule has 18 atom stereocenters. The zero-order chi connectivity index (χ0) is 107. The highest BCUT2D eigenvalue weighted by atomic mass is 32.2. The first-order valence-corrected chi connectivity index (χ1v) is 49.2. The van der Waals surface area contributed by atoms with E-state index < -0.39 is 277 Å². The van der Waals surface area contributed by atoms with Crippen molar-refractivity contribution in [3.63, 3.8) is 0 Å². The van der Waals surface area contributed by atoms with Crippen LogP contribution in [-0.4, -0.2) is 307 Å². The number of aromatic nitrogens is 3. The Bertz CT molecular complexity index is 5100. The van der Waals surface area contributed by atoms with Crippen LogP contribution in [0.5, 0.6) is 5.75 Å². The number of hydrogen-bond donors (Lipinski definition) is 29. The SMILES string of the molecule is CC[C@H](C)[C@@H]1NC(=O)[C@H](CO)NC(=O)[C@H](CCCNC(=N)N)NC(=O)[C@H](CC(C)C)NC(=O)[C@H](Cc2c[nH]cn2)NC(=O)[C@H](CC(C)C)NC(=O)[C@@H]2CCCN2C(=O)[C@H]([C@@H](C)CC)NC(=O)[C@@H](Cc2c[nH]c3ccccc23)NC(=O)CSC[C@@H](C(N)=O)NC(=O)[C@H](CO)NC(=O)[C@H](CCCNC(=N)N)NC(=O)CNC(=O)[C@H](CC(N)=O)NC(=O)[C@H](Cc2ccc(O)cc2)NC(=O)[C@H](C)NC(=O)[C@H](CC(C)C)NC1=O. The van der Waals surface area contributed by atoms with Gasteiger partial charge in [-0.1, -0.05) is 112 Å². The average molecular weight is 2040 g/mol. The van der Waals surface area contributed by atoms with Gasteiger partial charge in [-0.2, -0.15) is 0 Å². The van der Waals surface area contributed by atoms with Crippen molar-refractivity contribution in [2.24, 2.45) is 52.5 Å². The quantitative estimate of drug-likeness (QED) is 0.0137. The zero-order valence-electron chi connectivity index (χ0n) is 82.9. The number of nitrogens with two attached hydrogens (primary N) is 4. The molecule has 794 valence electrons. The number of guanidine groups is 2. The van der Waals surface area contributed by atoms with Gasteiger partial charge in [0.1, 0.15) is 102 Å². The van der Waals surface area contributed by atoms with Gasteiger partial charge in [-0.3, -0.25) is 102 Å². The number of fused-ring (bicyclic) bond motifs is 2. The van der Waals surface area contributed by atoms with Crippen LogP contribution in [0.25, 0.3) is 10.9 Å². The lowest BCUT2D eigenvalue weighted by Gasteiger charge is -2.33. The maximum absolute atomic E-state index is 15.3. The largest absolute Gasteiger partial charge is 0.508 e. The lowest BCUT2D eigenvalue weighted by atomic mass is 9.96. The van der Waals surface area contributed by atoms with E-state index in [0.29, 0.717) is 28.5 Å². The minimum absolute atomic E-state index is 0.0123. The molecule has 2 saturated heterocycles. The number of hydrogen-bond acceptors (Lipinski definition) is 26. The summed E-state index contributed by atoms with van der Waals surface area (Å²) < 4.78 is 0. The smallest absolute Gasteiger partial charge is 0.246 e. The lowest BCUT2D eigenvalue weighted by molar-refractivity contribution is -0.143. The molecule has 0 aliphatic carbocycles. The number of aromatic hydroxyl groups is 1. The lowest BCUT2D eigenvalue weighted by Crippen LogP contribution is -2.62. The standard InChI is InChI=1S/C93H144N28O22S/c1-12-49(9)74-90(142)115-60(31-46(3)4)81(133)106-51(11)77(129)110-63(34-52-24-26-55(124)27-25-52)84(136)113-66(37-71(94)125)78(130)104-40-72(126)107-58(21-16-28-101-92(96)97)79(131)116-67(41-122)87(139)118-69(76(95)128)43-144-44-73(127)108-64(35-53-38-103-57-20-15-14-19-56(53)57)86(138)120-75(50(10)13-2)91(143)121-30-18-23-70(121)89(141)114-62(33-48(7)8)83(135)112-65(36-54-39-100-45-105-54)85(137)111-61(32-47(5)6)82(134)109-59(22-17-29-102-93(98)99)80(132)117-68(42-123)88(140)119-74/h14-15,19-20,24-27,38-39,45-51,58-70,74-75,103,122-124H,12-13,16-18,21-23,28-37,40-44H2,1-11H3,(H2,94,125)(H2,95,128)(H,100,105)(H,104,130)(H,106,133)(H,107,126)(H,108,127)(H,109,134)(H,110,129)(H,111,137)(H,112,135)(H,113,136)(H,114,141)(H,115,142)(H,116,131)(H,117,132)(H,118,139)(H,119,140)(H,120,138)(H4,96,97,101)(H4,98,99,102)/t49-,50-,51-,58-,59-,60-,61-,62-,63-,64+,65-,66-,67-,68-,69-,70-,74-,75-/m0/s1. The van der Waals surface area contributed by atoms with Crippen molar-refractivity contribution >= 4 is 147 Å². The number of phenolic OH excluding ortho intramolecular Hbond substituents is 1. The molecule has 19 amide bonds. The summed E-state index contributed by atoms with van der Waals surface area (Å²) in [6.07, 6.45) is 2.71. The second-order valence-electron chi connectivity index (χ2n) is 37.2. The van der Waals surface area contributed by atoms with Crippen molar-refractivity contribution in [1.29, 1.82) is 10.8 Å². The number of aromatic amines is 2. The Hall–Kier alpha value is -14.3. The summed E-state index contributed by atoms with van der Waals surface area (Å²) >= 11 is 0.760. The fourth-order valence-electron chi connectivity index (χ4n) is 15.9. The second kappa shape index (κ2) is 59.0. The number of rotatable bonds is 29. The Balaban J connectivity index is 1.39. The molecule has 51 heteroatoms. The van der Waals surface area contributed by atoms with Crippen LogP contribution in [0.1, 0.15) is 170 Å². The van der Waals surface area contributed by atoms with E-state index in [9.17, 15) is 87.2 Å². The van der Waals surface area contributed by atoms with Gasteiger partial charge >= 0.3 is 0 Å². The summed E-state index contributed by atoms with van der Waals surface area (Å²) in [5, 5.41) is 93.7. The molecule has 0 radical (unpaired) electrons. The van der Waals surface area contributed by atoms with Gasteiger partial charge in [0.25, 0.3) is 0 Å². The molecule has 0 bridgehead atoms. The van der Waals surface area contributed by atoms with E-state index in [2.05, 4.69) is 111 Å². The number of carbonyl (C=O) groups is 19. The highest BCUT2D eigenvalue weighted by Gasteiger charge is 2.44. The molecule has 0 unspecified atom stereocenters. The van der Waals surface area contributed by atoms with E-state index in [1.807, 2.05) is 0 Å². The molecule has 6 rings (SSSR count). The number of H-pyrrole nitrogens is 2. The minimum atomic E-state index is -1.91. The third kappa shape index (κ3) is 38.9. The summed E-state index contributed by atoms with van der Waals surface area (Å²) in [5.41, 5.74) is 24.2. The predicted octanol–water partition coefficient (Wildman–Crippen LogP) is -6.13. The number of phenols is 1. The van der Waals surface area contributed by atoms with Crippen LogP contribution in [-0.2, 0) is 110 Å². The van der Waals surface area contributed by atoms with E-state index in [0.717, 1.165) is 11.8 Å². The Labute approximate surface area is 838 Å². The molecule has 2 aliphatic heterocycles. The molecule has 0 saturated carbocycles. The molecule has 33 N–H and O–H groups in total. The van der Waals surface area contributed by atoms with Crippen molar-refractivity contribution in [2.45, 2.75) is 269 Å². The molecule has 2 fully saturated rings.